The van der Waals surface area contributed by atoms with E-state index in [9.17, 15) is 48.0 Å². The van der Waals surface area contributed by atoms with Crippen molar-refractivity contribution >= 4 is 17.5 Å². The number of nitrogens with one attached hydrogen (secondary N) is 1. The number of hydrogen-bond donors (Lipinski definition) is 6. The number of phenols is 1. The van der Waals surface area contributed by atoms with Gasteiger partial charge in [0.1, 0.15) is 22.8 Å². The van der Waals surface area contributed by atoms with Crippen LogP contribution in [0, 0.1) is 17.8 Å². The molecule has 222 valence electrons. The first-order chi connectivity index (χ1) is 19.0. The van der Waals surface area contributed by atoms with Crippen molar-refractivity contribution in [1.82, 2.24) is 10.2 Å². The van der Waals surface area contributed by atoms with E-state index in [4.69, 9.17) is 5.73 Å². The molecule has 0 spiro atoms. The summed E-state index contributed by atoms with van der Waals surface area (Å²) < 4.78 is 43.7. The van der Waals surface area contributed by atoms with Crippen LogP contribution in [-0.4, -0.2) is 74.6 Å². The van der Waals surface area contributed by atoms with E-state index in [0.717, 1.165) is 18.9 Å². The lowest BCUT2D eigenvalue weighted by molar-refractivity contribution is -0.148. The number of carbonyl (C=O) groups excluding carboxylic acids is 3. The number of nitrogens with zero attached hydrogens (tertiary/aromatic N) is 1. The minimum atomic E-state index is -4.89. The molecule has 0 unspecified atom stereocenters. The number of amides is 1. The van der Waals surface area contributed by atoms with Crippen molar-refractivity contribution in [3.8, 4) is 5.75 Å². The number of alkyl halides is 3. The second kappa shape index (κ2) is 9.57. The SMILES string of the molecule is C[C@@H](NCc1cc(O)c2c(c1C(F)(F)F)C[C@H]1C[C@H]3[C@H](N(C)C)C(O)=C(C(N)=O)C(=O)[C@@]3(O)C(O)=C1C2=O)C1CC1. The monoisotopic (exact) mass is 579 g/mol. The third-order valence-corrected chi connectivity index (χ3v) is 9.03. The van der Waals surface area contributed by atoms with E-state index in [-0.39, 0.29) is 24.6 Å². The summed E-state index contributed by atoms with van der Waals surface area (Å²) in [7, 11) is 2.93. The Hall–Kier alpha value is -3.42. The Bertz CT molecular complexity index is 1430. The summed E-state index contributed by atoms with van der Waals surface area (Å²) in [6.07, 6.45) is -3.69. The van der Waals surface area contributed by atoms with Crippen molar-refractivity contribution in [3.63, 3.8) is 0 Å². The molecule has 1 fully saturated rings. The molecule has 13 heteroatoms. The van der Waals surface area contributed by atoms with Crippen LogP contribution in [0.5, 0.6) is 5.75 Å². The lowest BCUT2D eigenvalue weighted by Gasteiger charge is -2.50. The lowest BCUT2D eigenvalue weighted by Crippen LogP contribution is -2.63. The maximum absolute atomic E-state index is 14.6. The average molecular weight is 580 g/mol. The number of allylic oxidation sites excluding steroid dienone is 1. The number of aliphatic hydroxyl groups is 3. The fourth-order valence-corrected chi connectivity index (χ4v) is 6.92. The van der Waals surface area contributed by atoms with Crippen molar-refractivity contribution in [1.29, 1.82) is 0 Å². The Morgan fingerprint density at radius 3 is 2.39 bits per heavy atom. The summed E-state index contributed by atoms with van der Waals surface area (Å²) >= 11 is 0. The summed E-state index contributed by atoms with van der Waals surface area (Å²) in [5, 5.41) is 47.6. The van der Waals surface area contributed by atoms with E-state index >= 15 is 0 Å². The first-order valence-electron chi connectivity index (χ1n) is 13.3. The third kappa shape index (κ3) is 4.32. The topological polar surface area (TPSA) is 173 Å². The third-order valence-electron chi connectivity index (χ3n) is 9.03. The number of aromatic hydroxyl groups is 1. The smallest absolute Gasteiger partial charge is 0.417 e. The number of carbonyl (C=O) groups is 3. The minimum Gasteiger partial charge on any atom is -0.510 e. The Labute approximate surface area is 233 Å². The molecule has 0 aromatic heterocycles. The van der Waals surface area contributed by atoms with E-state index in [0.29, 0.717) is 5.92 Å². The van der Waals surface area contributed by atoms with Gasteiger partial charge in [-0.15, -0.1) is 0 Å². The molecule has 4 aliphatic carbocycles. The summed E-state index contributed by atoms with van der Waals surface area (Å²) in [5.41, 5.74) is -1.44. The van der Waals surface area contributed by atoms with Crippen LogP contribution >= 0.6 is 0 Å². The highest BCUT2D eigenvalue weighted by Gasteiger charge is 2.63. The fraction of sp³-hybridized carbons (Fsp3) is 0.536. The van der Waals surface area contributed by atoms with Crippen LogP contribution in [0.4, 0.5) is 13.2 Å². The van der Waals surface area contributed by atoms with Crippen LogP contribution in [0.3, 0.4) is 0 Å². The molecule has 7 N–H and O–H groups in total. The maximum atomic E-state index is 14.6. The van der Waals surface area contributed by atoms with Crippen LogP contribution in [0.2, 0.25) is 0 Å². The van der Waals surface area contributed by atoms with Gasteiger partial charge in [0.15, 0.2) is 11.4 Å². The van der Waals surface area contributed by atoms with Gasteiger partial charge in [0.2, 0.25) is 5.78 Å². The molecule has 4 aliphatic rings. The van der Waals surface area contributed by atoms with Crippen molar-refractivity contribution in [2.75, 3.05) is 14.1 Å². The Morgan fingerprint density at radius 2 is 1.85 bits per heavy atom. The predicted octanol–water partition coefficient (Wildman–Crippen LogP) is 2.03. The number of fused-ring (bicyclic) bond motifs is 3. The number of ketones is 2. The molecule has 1 aromatic carbocycles. The highest BCUT2D eigenvalue weighted by atomic mass is 19.4. The number of hydrogen-bond acceptors (Lipinski definition) is 9. The van der Waals surface area contributed by atoms with E-state index in [1.807, 2.05) is 6.92 Å². The number of halogens is 3. The van der Waals surface area contributed by atoms with Crippen LogP contribution < -0.4 is 11.1 Å². The normalized spacial score (nSPS) is 28.9. The molecule has 1 amide bonds. The van der Waals surface area contributed by atoms with Crippen molar-refractivity contribution in [2.45, 2.75) is 63.0 Å². The maximum Gasteiger partial charge on any atom is 0.417 e. The summed E-state index contributed by atoms with van der Waals surface area (Å²) in [4.78, 5) is 40.5. The molecule has 5 rings (SSSR count). The zero-order chi connectivity index (χ0) is 30.3. The number of likely N-dealkylation sites (N-methyl/N-ethyl adjacent to an activating group) is 1. The number of rotatable bonds is 6. The Balaban J connectivity index is 1.67. The van der Waals surface area contributed by atoms with Gasteiger partial charge >= 0.3 is 6.18 Å². The van der Waals surface area contributed by atoms with Gasteiger partial charge < -0.3 is 31.5 Å². The van der Waals surface area contributed by atoms with Crippen LogP contribution in [0.15, 0.2) is 28.7 Å². The van der Waals surface area contributed by atoms with Gasteiger partial charge in [-0.25, -0.2) is 0 Å². The van der Waals surface area contributed by atoms with E-state index in [1.54, 1.807) is 0 Å². The minimum absolute atomic E-state index is 0.0452. The molecule has 0 saturated heterocycles. The van der Waals surface area contributed by atoms with Gasteiger partial charge in [0.05, 0.1) is 17.2 Å². The molecular weight excluding hydrogens is 547 g/mol. The molecule has 0 aliphatic heterocycles. The van der Waals surface area contributed by atoms with Gasteiger partial charge in [-0.2, -0.15) is 13.2 Å². The highest BCUT2D eigenvalue weighted by molar-refractivity contribution is 6.24. The molecule has 0 radical (unpaired) electrons. The molecule has 0 bridgehead atoms. The molecule has 5 atom stereocenters. The zero-order valence-corrected chi connectivity index (χ0v) is 22.7. The Kier molecular flexibility index (Phi) is 6.79. The average Bonchev–Trinajstić information content (AvgIpc) is 3.69. The molecule has 1 saturated carbocycles. The standard InChI is InChI=1S/C28H32F3N3O7/c1-10(11-4-5-11)33-9-13-8-16(35)18-14(20(13)28(29,30)31)6-12-7-15-21(34(2)3)23(37)19(26(32)40)25(39)27(15,41)24(38)17(12)22(18)36/h8,10-12,15,21,33,35,37-38,41H,4-7,9H2,1-3H3,(H2,32,40)/t10-,12+,15+,21+,27+/m1/s1. The quantitative estimate of drug-likeness (QED) is 0.276. The van der Waals surface area contributed by atoms with Gasteiger partial charge in [0.25, 0.3) is 5.91 Å². The number of benzene rings is 1. The van der Waals surface area contributed by atoms with Gasteiger partial charge in [-0.1, -0.05) is 0 Å². The number of primary amides is 1. The predicted molar refractivity (Wildman–Crippen MR) is 138 cm³/mol. The Morgan fingerprint density at radius 1 is 1.22 bits per heavy atom. The molecular formula is C28H32F3N3O7. The molecule has 10 nitrogen and oxygen atoms in total. The number of phenolic OH excluding ortho intramolecular Hbond substituents is 1. The van der Waals surface area contributed by atoms with E-state index in [2.05, 4.69) is 5.32 Å². The van der Waals surface area contributed by atoms with Gasteiger partial charge in [-0.3, -0.25) is 19.3 Å². The van der Waals surface area contributed by atoms with Crippen molar-refractivity contribution in [2.24, 2.45) is 23.5 Å². The second-order valence-corrected chi connectivity index (χ2v) is 11.8. The van der Waals surface area contributed by atoms with E-state index in [1.165, 1.54) is 19.0 Å². The van der Waals surface area contributed by atoms with Crippen LogP contribution in [0.1, 0.15) is 53.2 Å². The highest BCUT2D eigenvalue weighted by Crippen LogP contribution is 2.53. The van der Waals surface area contributed by atoms with Gasteiger partial charge in [-0.05, 0) is 75.7 Å². The molecule has 1 aromatic rings. The number of Topliss-reactive ketones (excluding diaryl/α,β-unsaturated/α-hetero) is 2. The summed E-state index contributed by atoms with van der Waals surface area (Å²) in [6, 6.07) is -0.406. The fourth-order valence-electron chi connectivity index (χ4n) is 6.92. The zero-order valence-electron chi connectivity index (χ0n) is 22.7. The van der Waals surface area contributed by atoms with Crippen molar-refractivity contribution in [3.05, 3.63) is 51.0 Å². The van der Waals surface area contributed by atoms with Gasteiger partial charge in [0, 0.05) is 24.1 Å². The first-order valence-corrected chi connectivity index (χ1v) is 13.3. The van der Waals surface area contributed by atoms with Crippen molar-refractivity contribution < 1.29 is 48.0 Å². The largest absolute Gasteiger partial charge is 0.510 e. The number of aliphatic hydroxyl groups excluding tert-OH is 2. The molecule has 0 heterocycles. The molecule has 41 heavy (non-hydrogen) atoms. The second-order valence-electron chi connectivity index (χ2n) is 11.8. The number of nitrogens with two attached hydrogens (primary N) is 1. The lowest BCUT2D eigenvalue weighted by atomic mass is 9.58. The summed E-state index contributed by atoms with van der Waals surface area (Å²) in [5.74, 6) is -8.63. The summed E-state index contributed by atoms with van der Waals surface area (Å²) in [6.45, 7) is 1.67. The van der Waals surface area contributed by atoms with Crippen LogP contribution in [0.25, 0.3) is 0 Å². The first kappa shape index (κ1) is 29.1. The van der Waals surface area contributed by atoms with Crippen LogP contribution in [-0.2, 0) is 28.7 Å². The van der Waals surface area contributed by atoms with E-state index < -0.39 is 98.7 Å².